The molecule has 0 saturated heterocycles. The molecule has 112 valence electrons. The van der Waals surface area contributed by atoms with Gasteiger partial charge in [-0.2, -0.15) is 0 Å². The lowest BCUT2D eigenvalue weighted by Crippen LogP contribution is -2.31. The van der Waals surface area contributed by atoms with Crippen molar-refractivity contribution in [3.05, 3.63) is 58.3 Å². The van der Waals surface area contributed by atoms with Crippen LogP contribution in [-0.4, -0.2) is 29.3 Å². The SMILES string of the molecule is OC(CNCc1ccccn1)COc1c(Cl)cccc1Cl. The summed E-state index contributed by atoms with van der Waals surface area (Å²) in [7, 11) is 0. The highest BCUT2D eigenvalue weighted by molar-refractivity contribution is 6.37. The Hall–Kier alpha value is -1.33. The first kappa shape index (κ1) is 16.0. The Morgan fingerprint density at radius 1 is 1.14 bits per heavy atom. The second-order valence-corrected chi connectivity index (χ2v) is 5.28. The quantitative estimate of drug-likeness (QED) is 0.821. The van der Waals surface area contributed by atoms with E-state index in [9.17, 15) is 5.11 Å². The summed E-state index contributed by atoms with van der Waals surface area (Å²) in [5.74, 6) is 0.393. The van der Waals surface area contributed by atoms with Crippen LogP contribution < -0.4 is 10.1 Å². The fourth-order valence-corrected chi connectivity index (χ4v) is 2.23. The number of rotatable bonds is 7. The molecule has 6 heteroatoms. The van der Waals surface area contributed by atoms with Crippen molar-refractivity contribution < 1.29 is 9.84 Å². The Morgan fingerprint density at radius 2 is 1.90 bits per heavy atom. The molecule has 0 aliphatic heterocycles. The van der Waals surface area contributed by atoms with E-state index in [-0.39, 0.29) is 6.61 Å². The lowest BCUT2D eigenvalue weighted by Gasteiger charge is -2.14. The van der Waals surface area contributed by atoms with Gasteiger partial charge in [0.05, 0.1) is 15.7 Å². The van der Waals surface area contributed by atoms with E-state index >= 15 is 0 Å². The lowest BCUT2D eigenvalue weighted by molar-refractivity contribution is 0.106. The molecule has 1 unspecified atom stereocenters. The Kier molecular flexibility index (Phi) is 6.26. The van der Waals surface area contributed by atoms with Gasteiger partial charge < -0.3 is 15.2 Å². The minimum absolute atomic E-state index is 0.110. The van der Waals surface area contributed by atoms with Crippen molar-refractivity contribution in [2.24, 2.45) is 0 Å². The average molecular weight is 327 g/mol. The van der Waals surface area contributed by atoms with Gasteiger partial charge in [-0.3, -0.25) is 4.98 Å². The van der Waals surface area contributed by atoms with Gasteiger partial charge in [0.25, 0.3) is 0 Å². The molecule has 0 amide bonds. The van der Waals surface area contributed by atoms with E-state index in [2.05, 4.69) is 10.3 Å². The van der Waals surface area contributed by atoms with Crippen molar-refractivity contribution in [3.8, 4) is 5.75 Å². The minimum atomic E-state index is -0.666. The molecule has 1 aromatic carbocycles. The summed E-state index contributed by atoms with van der Waals surface area (Å²) in [6, 6.07) is 10.8. The van der Waals surface area contributed by atoms with Crippen LogP contribution in [0.3, 0.4) is 0 Å². The van der Waals surface area contributed by atoms with Gasteiger partial charge >= 0.3 is 0 Å². The molecule has 0 bridgehead atoms. The number of pyridine rings is 1. The van der Waals surface area contributed by atoms with Crippen LogP contribution in [0.1, 0.15) is 5.69 Å². The number of aromatic nitrogens is 1. The molecular weight excluding hydrogens is 311 g/mol. The summed E-state index contributed by atoms with van der Waals surface area (Å²) in [5, 5.41) is 13.8. The fraction of sp³-hybridized carbons (Fsp3) is 0.267. The normalized spacial score (nSPS) is 12.1. The molecule has 2 N–H and O–H groups in total. The maximum absolute atomic E-state index is 9.88. The summed E-state index contributed by atoms with van der Waals surface area (Å²) in [5.41, 5.74) is 0.916. The van der Waals surface area contributed by atoms with E-state index in [1.165, 1.54) is 0 Å². The van der Waals surface area contributed by atoms with Gasteiger partial charge in [-0.25, -0.2) is 0 Å². The van der Waals surface area contributed by atoms with Gasteiger partial charge in [0, 0.05) is 19.3 Å². The molecule has 1 aromatic heterocycles. The maximum Gasteiger partial charge on any atom is 0.156 e. The number of benzene rings is 1. The lowest BCUT2D eigenvalue weighted by atomic mass is 10.3. The number of hydrogen-bond donors (Lipinski definition) is 2. The molecule has 0 fully saturated rings. The summed E-state index contributed by atoms with van der Waals surface area (Å²) in [4.78, 5) is 4.18. The Bertz CT molecular complexity index is 547. The van der Waals surface area contributed by atoms with Crippen LogP contribution in [0.25, 0.3) is 0 Å². The minimum Gasteiger partial charge on any atom is -0.488 e. The van der Waals surface area contributed by atoms with Crippen LogP contribution in [0.15, 0.2) is 42.6 Å². The first-order chi connectivity index (χ1) is 10.2. The first-order valence-corrected chi connectivity index (χ1v) is 7.28. The first-order valence-electron chi connectivity index (χ1n) is 6.52. The Labute approximate surface area is 133 Å². The number of hydrogen-bond acceptors (Lipinski definition) is 4. The highest BCUT2D eigenvalue weighted by Crippen LogP contribution is 2.32. The zero-order valence-electron chi connectivity index (χ0n) is 11.3. The summed E-state index contributed by atoms with van der Waals surface area (Å²) >= 11 is 12.0. The number of halogens is 2. The van der Waals surface area contributed by atoms with Crippen LogP contribution in [0.4, 0.5) is 0 Å². The van der Waals surface area contributed by atoms with Gasteiger partial charge in [-0.15, -0.1) is 0 Å². The number of nitrogens with zero attached hydrogens (tertiary/aromatic N) is 1. The van der Waals surface area contributed by atoms with Crippen LogP contribution in [0.5, 0.6) is 5.75 Å². The second-order valence-electron chi connectivity index (χ2n) is 4.47. The fourth-order valence-electron chi connectivity index (χ4n) is 1.73. The van der Waals surface area contributed by atoms with Crippen molar-refractivity contribution in [1.29, 1.82) is 0 Å². The predicted molar refractivity (Wildman–Crippen MR) is 83.9 cm³/mol. The standard InChI is InChI=1S/C15H16Cl2N2O2/c16-13-5-3-6-14(17)15(13)21-10-12(20)9-18-8-11-4-1-2-7-19-11/h1-7,12,18,20H,8-10H2. The highest BCUT2D eigenvalue weighted by atomic mass is 35.5. The number of ether oxygens (including phenoxy) is 1. The molecule has 21 heavy (non-hydrogen) atoms. The van der Waals surface area contributed by atoms with Crippen LogP contribution in [0, 0.1) is 0 Å². The van der Waals surface area contributed by atoms with Gasteiger partial charge in [0.2, 0.25) is 0 Å². The number of para-hydroxylation sites is 1. The van der Waals surface area contributed by atoms with Crippen molar-refractivity contribution in [3.63, 3.8) is 0 Å². The molecule has 0 saturated carbocycles. The van der Waals surface area contributed by atoms with Gasteiger partial charge in [0.15, 0.2) is 5.75 Å². The predicted octanol–water partition coefficient (Wildman–Crippen LogP) is 2.92. The van der Waals surface area contributed by atoms with Crippen LogP contribution in [-0.2, 0) is 6.54 Å². The summed E-state index contributed by atoms with van der Waals surface area (Å²) < 4.78 is 5.46. The number of aliphatic hydroxyl groups excluding tert-OH is 1. The molecule has 1 atom stereocenters. The van der Waals surface area contributed by atoms with Gasteiger partial charge in [0.1, 0.15) is 12.7 Å². The van der Waals surface area contributed by atoms with E-state index in [4.69, 9.17) is 27.9 Å². The largest absolute Gasteiger partial charge is 0.488 e. The van der Waals surface area contributed by atoms with Gasteiger partial charge in [-0.1, -0.05) is 35.3 Å². The van der Waals surface area contributed by atoms with E-state index < -0.39 is 6.10 Å². The summed E-state index contributed by atoms with van der Waals surface area (Å²) in [6.07, 6.45) is 1.07. The molecule has 2 rings (SSSR count). The van der Waals surface area contributed by atoms with E-state index in [1.54, 1.807) is 24.4 Å². The van der Waals surface area contributed by atoms with Gasteiger partial charge in [-0.05, 0) is 24.3 Å². The highest BCUT2D eigenvalue weighted by Gasteiger charge is 2.10. The topological polar surface area (TPSA) is 54.4 Å². The summed E-state index contributed by atoms with van der Waals surface area (Å²) in [6.45, 7) is 1.09. The zero-order chi connectivity index (χ0) is 15.1. The second kappa shape index (κ2) is 8.20. The average Bonchev–Trinajstić information content (AvgIpc) is 2.48. The molecular formula is C15H16Cl2N2O2. The Balaban J connectivity index is 1.74. The van der Waals surface area contributed by atoms with Crippen molar-refractivity contribution in [2.75, 3.05) is 13.2 Å². The molecule has 0 aliphatic rings. The Morgan fingerprint density at radius 3 is 2.57 bits per heavy atom. The van der Waals surface area contributed by atoms with Crippen molar-refractivity contribution >= 4 is 23.2 Å². The third-order valence-electron chi connectivity index (χ3n) is 2.75. The molecule has 4 nitrogen and oxygen atoms in total. The molecule has 0 radical (unpaired) electrons. The smallest absolute Gasteiger partial charge is 0.156 e. The molecule has 1 heterocycles. The molecule has 0 aliphatic carbocycles. The monoisotopic (exact) mass is 326 g/mol. The molecule has 2 aromatic rings. The number of nitrogens with one attached hydrogen (secondary N) is 1. The van der Waals surface area contributed by atoms with Crippen LogP contribution >= 0.6 is 23.2 Å². The van der Waals surface area contributed by atoms with E-state index in [0.717, 1.165) is 5.69 Å². The van der Waals surface area contributed by atoms with Crippen molar-refractivity contribution in [1.82, 2.24) is 10.3 Å². The zero-order valence-corrected chi connectivity index (χ0v) is 12.8. The third-order valence-corrected chi connectivity index (χ3v) is 3.35. The van der Waals surface area contributed by atoms with E-state index in [1.807, 2.05) is 18.2 Å². The third kappa shape index (κ3) is 5.17. The number of aliphatic hydroxyl groups is 1. The van der Waals surface area contributed by atoms with E-state index in [0.29, 0.717) is 28.9 Å². The molecule has 0 spiro atoms. The van der Waals surface area contributed by atoms with Crippen LogP contribution in [0.2, 0.25) is 10.0 Å². The van der Waals surface area contributed by atoms with Crippen molar-refractivity contribution in [2.45, 2.75) is 12.6 Å². The maximum atomic E-state index is 9.88.